The van der Waals surface area contributed by atoms with Gasteiger partial charge in [0.1, 0.15) is 5.75 Å². The highest BCUT2D eigenvalue weighted by molar-refractivity contribution is 5.75. The topological polar surface area (TPSA) is 64.4 Å². The molecule has 4 heteroatoms. The molecule has 0 atom stereocenters. The van der Waals surface area contributed by atoms with E-state index in [9.17, 15) is 4.79 Å². The van der Waals surface area contributed by atoms with Gasteiger partial charge in [0.05, 0.1) is 0 Å². The van der Waals surface area contributed by atoms with Crippen LogP contribution in [0.15, 0.2) is 54.6 Å². The van der Waals surface area contributed by atoms with Crippen LogP contribution in [-0.2, 0) is 11.3 Å². The van der Waals surface area contributed by atoms with Crippen molar-refractivity contribution in [1.82, 2.24) is 0 Å². The van der Waals surface area contributed by atoms with E-state index in [0.717, 1.165) is 12.2 Å². The van der Waals surface area contributed by atoms with E-state index in [1.807, 2.05) is 30.3 Å². The Bertz CT molecular complexity index is 524. The zero-order chi connectivity index (χ0) is 13.5. The molecule has 0 aliphatic carbocycles. The molecule has 0 heterocycles. The van der Waals surface area contributed by atoms with Gasteiger partial charge in [-0.25, -0.2) is 0 Å². The lowest BCUT2D eigenvalue weighted by molar-refractivity contribution is -0.119. The fourth-order valence-corrected chi connectivity index (χ4v) is 1.62. The molecule has 0 unspecified atom stereocenters. The summed E-state index contributed by atoms with van der Waals surface area (Å²) >= 11 is 0. The summed E-state index contributed by atoms with van der Waals surface area (Å²) in [6, 6.07) is 17.6. The number of carbonyl (C=O) groups excluding carboxylic acids is 1. The van der Waals surface area contributed by atoms with Crippen LogP contribution in [0.25, 0.3) is 0 Å². The van der Waals surface area contributed by atoms with Crippen LogP contribution in [0, 0.1) is 0 Å². The first-order valence-corrected chi connectivity index (χ1v) is 6.03. The fourth-order valence-electron chi connectivity index (χ4n) is 1.62. The molecular weight excluding hydrogens is 240 g/mol. The maximum absolute atomic E-state index is 10.6. The third-order valence-electron chi connectivity index (χ3n) is 2.57. The molecule has 0 spiro atoms. The van der Waals surface area contributed by atoms with E-state index in [1.165, 1.54) is 5.56 Å². The van der Waals surface area contributed by atoms with Gasteiger partial charge in [-0.3, -0.25) is 4.79 Å². The van der Waals surface area contributed by atoms with Crippen LogP contribution in [-0.4, -0.2) is 12.5 Å². The van der Waals surface area contributed by atoms with E-state index >= 15 is 0 Å². The van der Waals surface area contributed by atoms with Gasteiger partial charge in [0, 0.05) is 12.2 Å². The van der Waals surface area contributed by atoms with Crippen molar-refractivity contribution in [1.29, 1.82) is 0 Å². The van der Waals surface area contributed by atoms with Crippen LogP contribution in [0.3, 0.4) is 0 Å². The lowest BCUT2D eigenvalue weighted by Gasteiger charge is -2.08. The number of amides is 1. The van der Waals surface area contributed by atoms with Crippen molar-refractivity contribution in [2.45, 2.75) is 6.54 Å². The van der Waals surface area contributed by atoms with Crippen molar-refractivity contribution in [2.24, 2.45) is 5.73 Å². The van der Waals surface area contributed by atoms with Crippen molar-refractivity contribution in [3.05, 3.63) is 60.2 Å². The first-order valence-electron chi connectivity index (χ1n) is 6.03. The molecule has 98 valence electrons. The molecule has 2 aromatic carbocycles. The molecule has 2 aromatic rings. The number of nitrogens with two attached hydrogens (primary N) is 1. The molecule has 0 saturated carbocycles. The molecule has 2 rings (SSSR count). The first kappa shape index (κ1) is 13.0. The molecular formula is C15H16N2O2. The van der Waals surface area contributed by atoms with Crippen LogP contribution < -0.4 is 15.8 Å². The Morgan fingerprint density at radius 2 is 1.74 bits per heavy atom. The van der Waals surface area contributed by atoms with E-state index in [1.54, 1.807) is 12.1 Å². The molecule has 0 saturated heterocycles. The molecule has 0 aliphatic rings. The number of carbonyl (C=O) groups is 1. The van der Waals surface area contributed by atoms with Gasteiger partial charge in [-0.05, 0) is 29.8 Å². The highest BCUT2D eigenvalue weighted by Gasteiger charge is 1.98. The van der Waals surface area contributed by atoms with Crippen LogP contribution in [0.2, 0.25) is 0 Å². The van der Waals surface area contributed by atoms with Crippen molar-refractivity contribution >= 4 is 11.6 Å². The van der Waals surface area contributed by atoms with Gasteiger partial charge in [0.2, 0.25) is 0 Å². The summed E-state index contributed by atoms with van der Waals surface area (Å²) in [7, 11) is 0. The predicted octanol–water partition coefficient (Wildman–Crippen LogP) is 2.16. The van der Waals surface area contributed by atoms with Gasteiger partial charge >= 0.3 is 0 Å². The zero-order valence-corrected chi connectivity index (χ0v) is 10.5. The second-order valence-corrected chi connectivity index (χ2v) is 4.12. The van der Waals surface area contributed by atoms with Crippen LogP contribution in [0.1, 0.15) is 5.56 Å². The van der Waals surface area contributed by atoms with E-state index in [-0.39, 0.29) is 6.61 Å². The smallest absolute Gasteiger partial charge is 0.255 e. The van der Waals surface area contributed by atoms with E-state index in [2.05, 4.69) is 17.4 Å². The molecule has 0 bridgehead atoms. The second-order valence-electron chi connectivity index (χ2n) is 4.12. The molecule has 0 aliphatic heterocycles. The number of hydrogen-bond donors (Lipinski definition) is 2. The molecule has 19 heavy (non-hydrogen) atoms. The summed E-state index contributed by atoms with van der Waals surface area (Å²) in [6.07, 6.45) is 0. The maximum atomic E-state index is 10.6. The lowest BCUT2D eigenvalue weighted by Crippen LogP contribution is -2.19. The monoisotopic (exact) mass is 256 g/mol. The third-order valence-corrected chi connectivity index (χ3v) is 2.57. The molecule has 3 N–H and O–H groups in total. The van der Waals surface area contributed by atoms with Gasteiger partial charge in [-0.2, -0.15) is 0 Å². The minimum absolute atomic E-state index is 0.100. The highest BCUT2D eigenvalue weighted by Crippen LogP contribution is 2.16. The number of ether oxygens (including phenoxy) is 1. The Labute approximate surface area is 112 Å². The minimum Gasteiger partial charge on any atom is -0.484 e. The van der Waals surface area contributed by atoms with Crippen molar-refractivity contribution in [2.75, 3.05) is 11.9 Å². The highest BCUT2D eigenvalue weighted by atomic mass is 16.5. The van der Waals surface area contributed by atoms with Crippen LogP contribution in [0.5, 0.6) is 5.75 Å². The molecule has 1 amide bonds. The first-order chi connectivity index (χ1) is 9.24. The number of rotatable bonds is 6. The van der Waals surface area contributed by atoms with Crippen molar-refractivity contribution in [3.8, 4) is 5.75 Å². The summed E-state index contributed by atoms with van der Waals surface area (Å²) in [4.78, 5) is 10.6. The molecule has 0 fully saturated rings. The van der Waals surface area contributed by atoms with Crippen LogP contribution in [0.4, 0.5) is 5.69 Å². The van der Waals surface area contributed by atoms with Gasteiger partial charge < -0.3 is 15.8 Å². The van der Waals surface area contributed by atoms with Gasteiger partial charge in [-0.15, -0.1) is 0 Å². The standard InChI is InChI=1S/C15H16N2O2/c16-15(18)11-19-14-8-6-13(7-9-14)17-10-12-4-2-1-3-5-12/h1-9,17H,10-11H2,(H2,16,18). The Morgan fingerprint density at radius 1 is 1.05 bits per heavy atom. The molecule has 0 radical (unpaired) electrons. The number of nitrogens with one attached hydrogen (secondary N) is 1. The summed E-state index contributed by atoms with van der Waals surface area (Å²) < 4.78 is 5.18. The van der Waals surface area contributed by atoms with Crippen LogP contribution >= 0.6 is 0 Å². The largest absolute Gasteiger partial charge is 0.484 e. The van der Waals surface area contributed by atoms with Crippen molar-refractivity contribution < 1.29 is 9.53 Å². The summed E-state index contributed by atoms with van der Waals surface area (Å²) in [5.41, 5.74) is 7.22. The van der Waals surface area contributed by atoms with Gasteiger partial charge in [0.15, 0.2) is 6.61 Å². The SMILES string of the molecule is NC(=O)COc1ccc(NCc2ccccc2)cc1. The zero-order valence-electron chi connectivity index (χ0n) is 10.5. The number of anilines is 1. The maximum Gasteiger partial charge on any atom is 0.255 e. The predicted molar refractivity (Wildman–Crippen MR) is 74.9 cm³/mol. The summed E-state index contributed by atoms with van der Waals surface area (Å²) in [5.74, 6) is 0.148. The quantitative estimate of drug-likeness (QED) is 0.832. The average Bonchev–Trinajstić information content (AvgIpc) is 2.45. The third kappa shape index (κ3) is 4.35. The van der Waals surface area contributed by atoms with E-state index < -0.39 is 5.91 Å². The normalized spacial score (nSPS) is 9.89. The minimum atomic E-state index is -0.480. The summed E-state index contributed by atoms with van der Waals surface area (Å²) in [5, 5.41) is 3.31. The second kappa shape index (κ2) is 6.44. The fraction of sp³-hybridized carbons (Fsp3) is 0.133. The Kier molecular flexibility index (Phi) is 4.39. The Hall–Kier alpha value is -2.49. The van der Waals surface area contributed by atoms with Crippen molar-refractivity contribution in [3.63, 3.8) is 0 Å². The molecule has 4 nitrogen and oxygen atoms in total. The van der Waals surface area contributed by atoms with Gasteiger partial charge in [0.25, 0.3) is 5.91 Å². The van der Waals surface area contributed by atoms with E-state index in [4.69, 9.17) is 10.5 Å². The number of primary amides is 1. The van der Waals surface area contributed by atoms with E-state index in [0.29, 0.717) is 5.75 Å². The average molecular weight is 256 g/mol. The summed E-state index contributed by atoms with van der Waals surface area (Å²) in [6.45, 7) is 0.666. The number of benzene rings is 2. The number of hydrogen-bond acceptors (Lipinski definition) is 3. The Morgan fingerprint density at radius 3 is 2.37 bits per heavy atom. The Balaban J connectivity index is 1.86. The molecule has 0 aromatic heterocycles. The lowest BCUT2D eigenvalue weighted by atomic mass is 10.2. The van der Waals surface area contributed by atoms with Gasteiger partial charge in [-0.1, -0.05) is 30.3 Å².